The maximum Gasteiger partial charge on any atom is 0.118 e. The van der Waals surface area contributed by atoms with Crippen LogP contribution < -0.4 is 4.74 Å². The average molecular weight is 416 g/mol. The van der Waals surface area contributed by atoms with Gasteiger partial charge in [-0.25, -0.2) is 0 Å². The molecule has 0 aliphatic carbocycles. The number of likely N-dealkylation sites (tertiary alicyclic amines) is 1. The zero-order valence-corrected chi connectivity index (χ0v) is 18.9. The van der Waals surface area contributed by atoms with Crippen molar-refractivity contribution in [1.29, 1.82) is 0 Å². The first-order valence-electron chi connectivity index (χ1n) is 12.2. The van der Waals surface area contributed by atoms with E-state index in [4.69, 9.17) is 9.47 Å². The third kappa shape index (κ3) is 6.43. The largest absolute Gasteiger partial charge is 0.497 e. The van der Waals surface area contributed by atoms with E-state index in [9.17, 15) is 0 Å². The van der Waals surface area contributed by atoms with E-state index in [-0.39, 0.29) is 0 Å². The van der Waals surface area contributed by atoms with E-state index in [2.05, 4.69) is 39.0 Å². The molecule has 3 heterocycles. The third-order valence-electron chi connectivity index (χ3n) is 7.22. The Morgan fingerprint density at radius 1 is 0.900 bits per heavy atom. The number of hydrogen-bond acceptors (Lipinski definition) is 5. The van der Waals surface area contributed by atoms with Gasteiger partial charge in [0, 0.05) is 51.9 Å². The SMILES string of the molecule is COc1ccc(CN2CCN3CC(COCCCN4CCCCC4)CCC3C2)cc1. The molecule has 2 atom stereocenters. The number of fused-ring (bicyclic) bond motifs is 1. The summed E-state index contributed by atoms with van der Waals surface area (Å²) in [6.07, 6.45) is 8.03. The lowest BCUT2D eigenvalue weighted by Crippen LogP contribution is -2.56. The van der Waals surface area contributed by atoms with Crippen LogP contribution in [0.5, 0.6) is 5.75 Å². The first-order chi connectivity index (χ1) is 14.8. The Bertz CT molecular complexity index is 617. The van der Waals surface area contributed by atoms with Gasteiger partial charge in [0.1, 0.15) is 5.75 Å². The molecule has 4 rings (SSSR count). The van der Waals surface area contributed by atoms with Gasteiger partial charge in [0.2, 0.25) is 0 Å². The molecule has 0 aromatic heterocycles. The summed E-state index contributed by atoms with van der Waals surface area (Å²) in [5.41, 5.74) is 1.39. The molecule has 0 amide bonds. The van der Waals surface area contributed by atoms with Crippen LogP contribution in [0.2, 0.25) is 0 Å². The Balaban J connectivity index is 1.11. The summed E-state index contributed by atoms with van der Waals surface area (Å²) in [4.78, 5) is 7.97. The molecule has 5 nitrogen and oxygen atoms in total. The minimum atomic E-state index is 0.726. The highest BCUT2D eigenvalue weighted by Gasteiger charge is 2.32. The average Bonchev–Trinajstić information content (AvgIpc) is 2.80. The number of rotatable bonds is 9. The van der Waals surface area contributed by atoms with Crippen molar-refractivity contribution in [3.63, 3.8) is 0 Å². The van der Waals surface area contributed by atoms with E-state index in [1.807, 2.05) is 0 Å². The van der Waals surface area contributed by atoms with Crippen molar-refractivity contribution in [2.24, 2.45) is 5.92 Å². The van der Waals surface area contributed by atoms with Crippen molar-refractivity contribution in [3.05, 3.63) is 29.8 Å². The third-order valence-corrected chi connectivity index (χ3v) is 7.22. The summed E-state index contributed by atoms with van der Waals surface area (Å²) in [7, 11) is 1.73. The first-order valence-corrected chi connectivity index (χ1v) is 12.2. The van der Waals surface area contributed by atoms with Gasteiger partial charge in [0.15, 0.2) is 0 Å². The number of benzene rings is 1. The lowest BCUT2D eigenvalue weighted by molar-refractivity contribution is -0.00316. The van der Waals surface area contributed by atoms with Gasteiger partial charge in [-0.3, -0.25) is 9.80 Å². The highest BCUT2D eigenvalue weighted by atomic mass is 16.5. The fourth-order valence-corrected chi connectivity index (χ4v) is 5.41. The highest BCUT2D eigenvalue weighted by molar-refractivity contribution is 5.27. The number of piperidine rings is 2. The van der Waals surface area contributed by atoms with Crippen LogP contribution >= 0.6 is 0 Å². The number of methoxy groups -OCH3 is 1. The van der Waals surface area contributed by atoms with Crippen LogP contribution in [0.1, 0.15) is 44.1 Å². The Kier molecular flexibility index (Phi) is 8.44. The lowest BCUT2D eigenvalue weighted by atomic mass is 9.91. The molecule has 3 aliphatic rings. The number of ether oxygens (including phenoxy) is 2. The van der Waals surface area contributed by atoms with Crippen LogP contribution in [-0.2, 0) is 11.3 Å². The van der Waals surface area contributed by atoms with Crippen LogP contribution in [0.15, 0.2) is 24.3 Å². The summed E-state index contributed by atoms with van der Waals surface area (Å²) in [6, 6.07) is 9.27. The second kappa shape index (κ2) is 11.5. The number of piperazine rings is 1. The van der Waals surface area contributed by atoms with Gasteiger partial charge >= 0.3 is 0 Å². The van der Waals surface area contributed by atoms with Crippen LogP contribution in [0.3, 0.4) is 0 Å². The fraction of sp³-hybridized carbons (Fsp3) is 0.760. The second-order valence-corrected chi connectivity index (χ2v) is 9.51. The van der Waals surface area contributed by atoms with E-state index in [0.717, 1.165) is 37.5 Å². The summed E-state index contributed by atoms with van der Waals surface area (Å²) in [5, 5.41) is 0. The molecule has 168 valence electrons. The molecular weight excluding hydrogens is 374 g/mol. The van der Waals surface area contributed by atoms with Crippen LogP contribution in [0, 0.1) is 5.92 Å². The van der Waals surface area contributed by atoms with Crippen molar-refractivity contribution in [3.8, 4) is 5.75 Å². The van der Waals surface area contributed by atoms with E-state index in [0.29, 0.717) is 0 Å². The maximum atomic E-state index is 6.09. The van der Waals surface area contributed by atoms with Crippen molar-refractivity contribution >= 4 is 0 Å². The molecule has 0 radical (unpaired) electrons. The minimum Gasteiger partial charge on any atom is -0.497 e. The molecule has 3 aliphatic heterocycles. The van der Waals surface area contributed by atoms with E-state index in [1.165, 1.54) is 89.9 Å². The summed E-state index contributed by atoms with van der Waals surface area (Å²) < 4.78 is 11.4. The monoisotopic (exact) mass is 415 g/mol. The van der Waals surface area contributed by atoms with Gasteiger partial charge < -0.3 is 14.4 Å². The summed E-state index contributed by atoms with van der Waals surface area (Å²) in [5.74, 6) is 1.67. The zero-order valence-electron chi connectivity index (χ0n) is 18.9. The van der Waals surface area contributed by atoms with Gasteiger partial charge in [0.25, 0.3) is 0 Å². The smallest absolute Gasteiger partial charge is 0.118 e. The number of hydrogen-bond donors (Lipinski definition) is 0. The predicted octanol–water partition coefficient (Wildman–Crippen LogP) is 3.48. The van der Waals surface area contributed by atoms with Crippen LogP contribution in [0.25, 0.3) is 0 Å². The number of nitrogens with zero attached hydrogens (tertiary/aromatic N) is 3. The van der Waals surface area contributed by atoms with Gasteiger partial charge in [-0.2, -0.15) is 0 Å². The van der Waals surface area contributed by atoms with Crippen LogP contribution in [-0.4, -0.2) is 86.9 Å². The molecule has 1 aromatic carbocycles. The molecule has 30 heavy (non-hydrogen) atoms. The van der Waals surface area contributed by atoms with E-state index in [1.54, 1.807) is 7.11 Å². The van der Waals surface area contributed by atoms with Crippen LogP contribution in [0.4, 0.5) is 0 Å². The Morgan fingerprint density at radius 3 is 2.53 bits per heavy atom. The molecule has 1 aromatic rings. The lowest BCUT2D eigenvalue weighted by Gasteiger charge is -2.46. The summed E-state index contributed by atoms with van der Waals surface area (Å²) >= 11 is 0. The maximum absolute atomic E-state index is 6.09. The molecule has 5 heteroatoms. The molecule has 3 saturated heterocycles. The van der Waals surface area contributed by atoms with Gasteiger partial charge in [-0.1, -0.05) is 18.6 Å². The van der Waals surface area contributed by atoms with Gasteiger partial charge in [0.05, 0.1) is 13.7 Å². The van der Waals surface area contributed by atoms with Gasteiger partial charge in [-0.05, 0) is 68.8 Å². The predicted molar refractivity (Wildman–Crippen MR) is 122 cm³/mol. The molecule has 2 unspecified atom stereocenters. The topological polar surface area (TPSA) is 28.2 Å². The molecule has 0 bridgehead atoms. The Hall–Kier alpha value is -1.14. The molecule has 0 spiro atoms. The van der Waals surface area contributed by atoms with Crippen molar-refractivity contribution in [2.75, 3.05) is 66.1 Å². The quantitative estimate of drug-likeness (QED) is 0.576. The molecule has 0 saturated carbocycles. The van der Waals surface area contributed by atoms with Gasteiger partial charge in [-0.15, -0.1) is 0 Å². The standard InChI is InChI=1S/C25H41N3O2/c1-29-25-10-7-22(8-11-25)18-27-15-16-28-19-23(6-9-24(28)20-27)21-30-17-5-14-26-12-3-2-4-13-26/h7-8,10-11,23-24H,2-6,9,12-21H2,1H3. The fourth-order valence-electron chi connectivity index (χ4n) is 5.41. The highest BCUT2D eigenvalue weighted by Crippen LogP contribution is 2.26. The zero-order chi connectivity index (χ0) is 20.6. The first kappa shape index (κ1) is 22.1. The van der Waals surface area contributed by atoms with E-state index < -0.39 is 0 Å². The normalized spacial score (nSPS) is 26.4. The Labute approximate surface area is 183 Å². The molecular formula is C25H41N3O2. The molecule has 0 N–H and O–H groups in total. The second-order valence-electron chi connectivity index (χ2n) is 9.51. The van der Waals surface area contributed by atoms with Crippen molar-refractivity contribution in [2.45, 2.75) is 51.1 Å². The van der Waals surface area contributed by atoms with E-state index >= 15 is 0 Å². The summed E-state index contributed by atoms with van der Waals surface area (Å²) in [6.45, 7) is 11.6. The minimum absolute atomic E-state index is 0.726. The van der Waals surface area contributed by atoms with Crippen molar-refractivity contribution in [1.82, 2.24) is 14.7 Å². The Morgan fingerprint density at radius 2 is 1.73 bits per heavy atom. The van der Waals surface area contributed by atoms with Crippen molar-refractivity contribution < 1.29 is 9.47 Å². The molecule has 3 fully saturated rings.